The van der Waals surface area contributed by atoms with Gasteiger partial charge >= 0.3 is 6.18 Å². The van der Waals surface area contributed by atoms with Crippen molar-refractivity contribution in [2.75, 3.05) is 0 Å². The summed E-state index contributed by atoms with van der Waals surface area (Å²) in [7, 11) is 0. The zero-order valence-corrected chi connectivity index (χ0v) is 8.74. The molecule has 0 spiro atoms. The first kappa shape index (κ1) is 10.2. The topological polar surface area (TPSA) is 0 Å². The molecule has 0 aliphatic rings. The second kappa shape index (κ2) is 3.45. The van der Waals surface area contributed by atoms with E-state index in [0.29, 0.717) is 8.47 Å². The fourth-order valence-electron chi connectivity index (χ4n) is 0.683. The Balaban J connectivity index is 3.14. The van der Waals surface area contributed by atoms with Crippen molar-refractivity contribution in [1.82, 2.24) is 0 Å². The van der Waals surface area contributed by atoms with Crippen LogP contribution < -0.4 is 0 Å². The van der Waals surface area contributed by atoms with Crippen molar-refractivity contribution in [3.05, 3.63) is 27.3 Å². The van der Waals surface area contributed by atoms with Crippen LogP contribution in [0.2, 0.25) is 0 Å². The van der Waals surface area contributed by atoms with Gasteiger partial charge in [-0.2, -0.15) is 13.2 Å². The minimum Gasteiger partial charge on any atom is -0.166 e. The summed E-state index contributed by atoms with van der Waals surface area (Å²) >= 11 is 5.78. The fourth-order valence-corrected chi connectivity index (χ4v) is 1.34. The summed E-state index contributed by atoms with van der Waals surface area (Å²) < 4.78 is 36.7. The zero-order valence-electron chi connectivity index (χ0n) is 5.69. The Morgan fingerprint density at radius 3 is 2.25 bits per heavy atom. The van der Waals surface area contributed by atoms with Crippen molar-refractivity contribution in [3.8, 4) is 0 Å². The Hall–Kier alpha value is 0.0900. The van der Waals surface area contributed by atoms with Crippen molar-refractivity contribution < 1.29 is 13.2 Å². The lowest BCUT2D eigenvalue weighted by Gasteiger charge is -2.07. The van der Waals surface area contributed by atoms with Crippen LogP contribution in [0.1, 0.15) is 5.56 Å². The van der Waals surface area contributed by atoms with Crippen LogP contribution in [-0.4, -0.2) is 0 Å². The number of alkyl halides is 3. The lowest BCUT2D eigenvalue weighted by atomic mass is 10.2. The van der Waals surface area contributed by atoms with E-state index in [9.17, 15) is 13.2 Å². The molecule has 0 unspecified atom stereocenters. The van der Waals surface area contributed by atoms with Gasteiger partial charge in [0.1, 0.15) is 0 Å². The smallest absolute Gasteiger partial charge is 0.166 e. The van der Waals surface area contributed by atoms with Crippen molar-refractivity contribution in [3.63, 3.8) is 0 Å². The standard InChI is InChI=1S/C7H4F3IS/c8-7(9,10)4-1-2-6(12)5(11)3-4/h1-3,12H. The second-order valence-electron chi connectivity index (χ2n) is 2.16. The molecule has 0 fully saturated rings. The molecule has 0 N–H and O–H groups in total. The molecule has 0 bridgehead atoms. The molecule has 0 saturated heterocycles. The Kier molecular flexibility index (Phi) is 2.92. The van der Waals surface area contributed by atoms with Gasteiger partial charge in [-0.15, -0.1) is 12.6 Å². The van der Waals surface area contributed by atoms with E-state index in [4.69, 9.17) is 0 Å². The number of rotatable bonds is 0. The molecule has 66 valence electrons. The molecule has 0 aliphatic carbocycles. The molecule has 5 heteroatoms. The number of halogens is 4. The molecule has 1 aromatic rings. The lowest BCUT2D eigenvalue weighted by Crippen LogP contribution is -2.04. The van der Waals surface area contributed by atoms with Gasteiger partial charge in [-0.3, -0.25) is 0 Å². The highest BCUT2D eigenvalue weighted by molar-refractivity contribution is 14.1. The van der Waals surface area contributed by atoms with Crippen LogP contribution >= 0.6 is 35.2 Å². The maximum atomic E-state index is 12.1. The van der Waals surface area contributed by atoms with Gasteiger partial charge in [0.25, 0.3) is 0 Å². The van der Waals surface area contributed by atoms with Crippen LogP contribution in [-0.2, 0) is 6.18 Å². The predicted molar refractivity (Wildman–Crippen MR) is 51.4 cm³/mol. The van der Waals surface area contributed by atoms with E-state index in [0.717, 1.165) is 12.1 Å². The molecule has 0 amide bonds. The third-order valence-electron chi connectivity index (χ3n) is 1.28. The van der Waals surface area contributed by atoms with E-state index in [1.807, 2.05) is 22.6 Å². The molecule has 0 aliphatic heterocycles. The van der Waals surface area contributed by atoms with Gasteiger partial charge < -0.3 is 0 Å². The molecule has 1 aromatic carbocycles. The van der Waals surface area contributed by atoms with E-state index in [1.165, 1.54) is 6.07 Å². The quantitative estimate of drug-likeness (QED) is 0.549. The van der Waals surface area contributed by atoms with Crippen molar-refractivity contribution in [2.45, 2.75) is 11.1 Å². The van der Waals surface area contributed by atoms with Crippen LogP contribution in [0.5, 0.6) is 0 Å². The fraction of sp³-hybridized carbons (Fsp3) is 0.143. The maximum Gasteiger partial charge on any atom is 0.416 e. The van der Waals surface area contributed by atoms with Crippen LogP contribution in [0, 0.1) is 3.57 Å². The van der Waals surface area contributed by atoms with Gasteiger partial charge in [-0.1, -0.05) is 0 Å². The van der Waals surface area contributed by atoms with Gasteiger partial charge in [-0.05, 0) is 40.8 Å². The van der Waals surface area contributed by atoms with E-state index < -0.39 is 11.7 Å². The van der Waals surface area contributed by atoms with Crippen LogP contribution in [0.25, 0.3) is 0 Å². The van der Waals surface area contributed by atoms with Gasteiger partial charge in [0, 0.05) is 8.47 Å². The summed E-state index contributed by atoms with van der Waals surface area (Å²) in [6.45, 7) is 0. The number of benzene rings is 1. The second-order valence-corrected chi connectivity index (χ2v) is 3.81. The molecule has 12 heavy (non-hydrogen) atoms. The molecule has 0 aromatic heterocycles. The molecule has 0 heterocycles. The molecule has 0 nitrogen and oxygen atoms in total. The molecule has 0 saturated carbocycles. The van der Waals surface area contributed by atoms with Gasteiger partial charge in [0.15, 0.2) is 0 Å². The summed E-state index contributed by atoms with van der Waals surface area (Å²) in [5.41, 5.74) is -0.635. The summed E-state index contributed by atoms with van der Waals surface area (Å²) in [6, 6.07) is 3.43. The van der Waals surface area contributed by atoms with Gasteiger partial charge in [0.05, 0.1) is 5.56 Å². The first-order valence-electron chi connectivity index (χ1n) is 2.97. The summed E-state index contributed by atoms with van der Waals surface area (Å²) in [4.78, 5) is 0.559. The normalized spacial score (nSPS) is 11.8. The zero-order chi connectivity index (χ0) is 9.35. The Labute approximate surface area is 86.7 Å². The van der Waals surface area contributed by atoms with E-state index in [2.05, 4.69) is 12.6 Å². The molecule has 0 atom stereocenters. The summed E-state index contributed by atoms with van der Waals surface area (Å²) in [5, 5.41) is 0. The number of hydrogen-bond donors (Lipinski definition) is 1. The third-order valence-corrected chi connectivity index (χ3v) is 2.98. The van der Waals surface area contributed by atoms with Gasteiger partial charge in [-0.25, -0.2) is 0 Å². The Morgan fingerprint density at radius 2 is 1.83 bits per heavy atom. The minimum absolute atomic E-state index is 0.505. The summed E-state index contributed by atoms with van der Waals surface area (Å²) in [6.07, 6.45) is -4.26. The monoisotopic (exact) mass is 304 g/mol. The van der Waals surface area contributed by atoms with Crippen molar-refractivity contribution >= 4 is 35.2 Å². The number of thiol groups is 1. The average Bonchev–Trinajstić information content (AvgIpc) is 1.92. The third kappa shape index (κ3) is 2.29. The first-order chi connectivity index (χ1) is 5.41. The van der Waals surface area contributed by atoms with Crippen LogP contribution in [0.3, 0.4) is 0 Å². The Bertz CT molecular complexity index is 295. The predicted octanol–water partition coefficient (Wildman–Crippen LogP) is 3.60. The van der Waals surface area contributed by atoms with Crippen LogP contribution in [0.15, 0.2) is 23.1 Å². The SMILES string of the molecule is FC(F)(F)c1ccc(S)c(I)c1. The van der Waals surface area contributed by atoms with Crippen molar-refractivity contribution in [2.24, 2.45) is 0 Å². The van der Waals surface area contributed by atoms with Crippen molar-refractivity contribution in [1.29, 1.82) is 0 Å². The highest BCUT2D eigenvalue weighted by Crippen LogP contribution is 2.31. The Morgan fingerprint density at radius 1 is 1.25 bits per heavy atom. The van der Waals surface area contributed by atoms with E-state index in [-0.39, 0.29) is 0 Å². The number of hydrogen-bond acceptors (Lipinski definition) is 1. The first-order valence-corrected chi connectivity index (χ1v) is 4.49. The highest BCUT2D eigenvalue weighted by atomic mass is 127. The highest BCUT2D eigenvalue weighted by Gasteiger charge is 2.30. The lowest BCUT2D eigenvalue weighted by molar-refractivity contribution is -0.137. The maximum absolute atomic E-state index is 12.1. The largest absolute Gasteiger partial charge is 0.416 e. The average molecular weight is 304 g/mol. The molecular formula is C7H4F3IS. The van der Waals surface area contributed by atoms with Gasteiger partial charge in [0.2, 0.25) is 0 Å². The van der Waals surface area contributed by atoms with E-state index >= 15 is 0 Å². The minimum atomic E-state index is -4.26. The molecule has 1 rings (SSSR count). The molecular weight excluding hydrogens is 300 g/mol. The molecule has 0 radical (unpaired) electrons. The summed E-state index contributed by atoms with van der Waals surface area (Å²) in [5.74, 6) is 0. The van der Waals surface area contributed by atoms with E-state index in [1.54, 1.807) is 0 Å². The van der Waals surface area contributed by atoms with Crippen LogP contribution in [0.4, 0.5) is 13.2 Å².